The van der Waals surface area contributed by atoms with Gasteiger partial charge in [0.05, 0.1) is 5.69 Å². The summed E-state index contributed by atoms with van der Waals surface area (Å²) < 4.78 is 67.1. The van der Waals surface area contributed by atoms with E-state index in [1.165, 1.54) is 12.1 Å². The number of nitrogens with zero attached hydrogens (tertiary/aromatic N) is 2. The first kappa shape index (κ1) is 19.7. The molecule has 1 saturated carbocycles. The molecule has 1 aliphatic carbocycles. The second kappa shape index (κ2) is 7.32. The van der Waals surface area contributed by atoms with Crippen molar-refractivity contribution in [1.29, 1.82) is 0 Å². The van der Waals surface area contributed by atoms with Gasteiger partial charge in [-0.2, -0.15) is 13.2 Å². The summed E-state index contributed by atoms with van der Waals surface area (Å²) in [7, 11) is 0. The molecule has 0 amide bonds. The number of carbonyl (C=O) groups is 1. The first-order valence-electron chi connectivity index (χ1n) is 8.71. The van der Waals surface area contributed by atoms with Crippen molar-refractivity contribution in [3.05, 3.63) is 48.1 Å². The monoisotopic (exact) mass is 423 g/mol. The molecule has 0 saturated heterocycles. The molecule has 0 spiro atoms. The van der Waals surface area contributed by atoms with E-state index in [-0.39, 0.29) is 17.6 Å². The summed E-state index contributed by atoms with van der Waals surface area (Å²) in [5.74, 6) is -4.39. The highest BCUT2D eigenvalue weighted by Gasteiger charge is 2.42. The molecule has 3 aromatic rings. The fourth-order valence-electron chi connectivity index (χ4n) is 2.55. The molecular weight excluding hydrogens is 410 g/mol. The van der Waals surface area contributed by atoms with Gasteiger partial charge in [0, 0.05) is 11.5 Å². The summed E-state index contributed by atoms with van der Waals surface area (Å²) in [6, 6.07) is 8.31. The van der Waals surface area contributed by atoms with Crippen LogP contribution in [0.5, 0.6) is 17.2 Å². The lowest BCUT2D eigenvalue weighted by molar-refractivity contribution is -0.189. The lowest BCUT2D eigenvalue weighted by atomic mass is 10.2. The third-order valence-corrected chi connectivity index (χ3v) is 4.19. The number of aromatic nitrogens is 2. The van der Waals surface area contributed by atoms with Crippen LogP contribution in [0.4, 0.5) is 23.2 Å². The van der Waals surface area contributed by atoms with E-state index in [0.29, 0.717) is 11.5 Å². The third kappa shape index (κ3) is 4.04. The molecule has 0 bridgehead atoms. The number of halogens is 4. The van der Waals surface area contributed by atoms with Crippen LogP contribution >= 0.6 is 0 Å². The van der Waals surface area contributed by atoms with Crippen LogP contribution in [0.2, 0.25) is 0 Å². The molecule has 4 rings (SSSR count). The Morgan fingerprint density at radius 2 is 1.93 bits per heavy atom. The van der Waals surface area contributed by atoms with Crippen LogP contribution in [0.3, 0.4) is 0 Å². The van der Waals surface area contributed by atoms with Crippen molar-refractivity contribution >= 4 is 11.7 Å². The van der Waals surface area contributed by atoms with E-state index in [9.17, 15) is 22.4 Å². The zero-order valence-electron chi connectivity index (χ0n) is 15.1. The summed E-state index contributed by atoms with van der Waals surface area (Å²) in [4.78, 5) is 11.2. The molecule has 1 aromatic heterocycles. The van der Waals surface area contributed by atoms with Gasteiger partial charge in [-0.15, -0.1) is 10.2 Å². The van der Waals surface area contributed by atoms with Crippen molar-refractivity contribution in [2.24, 2.45) is 0 Å². The summed E-state index contributed by atoms with van der Waals surface area (Å²) in [6.45, 7) is 0. The molecule has 30 heavy (non-hydrogen) atoms. The predicted molar refractivity (Wildman–Crippen MR) is 94.3 cm³/mol. The van der Waals surface area contributed by atoms with Crippen molar-refractivity contribution < 1.29 is 36.2 Å². The summed E-state index contributed by atoms with van der Waals surface area (Å²) in [5, 5.41) is 7.94. The Bertz CT molecular complexity index is 1110. The lowest BCUT2D eigenvalue weighted by Crippen LogP contribution is -2.28. The first-order chi connectivity index (χ1) is 14.2. The van der Waals surface area contributed by atoms with Crippen LogP contribution in [0, 0.1) is 5.82 Å². The standard InChI is InChI=1S/C19H13F4N3O4/c20-14-12(24)6-7-13(15(14)29-18(27)19(21,22)23)28-11-3-1-2-10(8-11)17-26-25-16(30-17)9-4-5-9/h1-3,6-9H,4-5,24H2. The number of anilines is 1. The molecule has 1 fully saturated rings. The molecule has 0 unspecified atom stereocenters. The highest BCUT2D eigenvalue weighted by atomic mass is 19.4. The van der Waals surface area contributed by atoms with E-state index in [0.717, 1.165) is 25.0 Å². The van der Waals surface area contributed by atoms with E-state index >= 15 is 0 Å². The molecular formula is C19H13F4N3O4. The molecule has 2 N–H and O–H groups in total. The van der Waals surface area contributed by atoms with Crippen molar-refractivity contribution in [1.82, 2.24) is 10.2 Å². The largest absolute Gasteiger partial charge is 0.491 e. The highest BCUT2D eigenvalue weighted by Crippen LogP contribution is 2.41. The van der Waals surface area contributed by atoms with Gasteiger partial charge in [0.1, 0.15) is 5.75 Å². The molecule has 0 aliphatic heterocycles. The van der Waals surface area contributed by atoms with Crippen molar-refractivity contribution in [3.8, 4) is 28.7 Å². The molecule has 7 nitrogen and oxygen atoms in total. The number of benzene rings is 2. The number of esters is 1. The van der Waals surface area contributed by atoms with Crippen LogP contribution < -0.4 is 15.2 Å². The third-order valence-electron chi connectivity index (χ3n) is 4.19. The number of alkyl halides is 3. The molecule has 156 valence electrons. The SMILES string of the molecule is Nc1ccc(Oc2cccc(-c3nnc(C4CC4)o3)c2)c(OC(=O)C(F)(F)F)c1F. The second-order valence-electron chi connectivity index (χ2n) is 6.53. The van der Waals surface area contributed by atoms with Gasteiger partial charge >= 0.3 is 12.1 Å². The maximum absolute atomic E-state index is 14.3. The fourth-order valence-corrected chi connectivity index (χ4v) is 2.55. The number of rotatable bonds is 5. The Hall–Kier alpha value is -3.63. The van der Waals surface area contributed by atoms with E-state index in [1.54, 1.807) is 12.1 Å². The zero-order chi connectivity index (χ0) is 21.5. The fraction of sp³-hybridized carbons (Fsp3) is 0.211. The van der Waals surface area contributed by atoms with Crippen LogP contribution in [0.25, 0.3) is 11.5 Å². The van der Waals surface area contributed by atoms with Crippen LogP contribution in [0.1, 0.15) is 24.7 Å². The molecule has 0 atom stereocenters. The number of hydrogen-bond donors (Lipinski definition) is 1. The Balaban J connectivity index is 1.62. The van der Waals surface area contributed by atoms with Crippen molar-refractivity contribution in [3.63, 3.8) is 0 Å². The molecule has 1 aliphatic rings. The number of hydrogen-bond acceptors (Lipinski definition) is 7. The predicted octanol–water partition coefficient (Wildman–Crippen LogP) is 4.60. The zero-order valence-corrected chi connectivity index (χ0v) is 15.1. The Labute approximate surface area is 166 Å². The van der Waals surface area contributed by atoms with E-state index < -0.39 is 35.1 Å². The van der Waals surface area contributed by atoms with Crippen molar-refractivity contribution in [2.75, 3.05) is 5.73 Å². The first-order valence-corrected chi connectivity index (χ1v) is 8.71. The molecule has 1 heterocycles. The van der Waals surface area contributed by atoms with Crippen LogP contribution in [-0.4, -0.2) is 22.3 Å². The van der Waals surface area contributed by atoms with Gasteiger partial charge < -0.3 is 19.6 Å². The van der Waals surface area contributed by atoms with Crippen LogP contribution in [-0.2, 0) is 4.79 Å². The minimum atomic E-state index is -5.33. The Kier molecular flexibility index (Phi) is 4.80. The topological polar surface area (TPSA) is 100 Å². The Morgan fingerprint density at radius 3 is 2.63 bits per heavy atom. The number of carbonyl (C=O) groups excluding carboxylic acids is 1. The number of nitrogens with two attached hydrogens (primary N) is 1. The lowest BCUT2D eigenvalue weighted by Gasteiger charge is -2.14. The van der Waals surface area contributed by atoms with Gasteiger partial charge in [0.25, 0.3) is 0 Å². The Morgan fingerprint density at radius 1 is 1.17 bits per heavy atom. The van der Waals surface area contributed by atoms with Gasteiger partial charge in [-0.25, -0.2) is 9.18 Å². The summed E-state index contributed by atoms with van der Waals surface area (Å²) in [5.41, 5.74) is 5.34. The highest BCUT2D eigenvalue weighted by molar-refractivity contribution is 5.79. The van der Waals surface area contributed by atoms with E-state index in [4.69, 9.17) is 14.9 Å². The van der Waals surface area contributed by atoms with Gasteiger partial charge in [0.15, 0.2) is 11.6 Å². The maximum atomic E-state index is 14.3. The average molecular weight is 423 g/mol. The quantitative estimate of drug-likeness (QED) is 0.277. The van der Waals surface area contributed by atoms with E-state index in [1.807, 2.05) is 0 Å². The normalized spacial score (nSPS) is 13.9. The number of ether oxygens (including phenoxy) is 2. The van der Waals surface area contributed by atoms with Crippen molar-refractivity contribution in [2.45, 2.75) is 24.9 Å². The molecule has 11 heteroatoms. The van der Waals surface area contributed by atoms with Crippen LogP contribution in [0.15, 0.2) is 40.8 Å². The smallest absolute Gasteiger partial charge is 0.453 e. The van der Waals surface area contributed by atoms with Gasteiger partial charge in [-0.05, 0) is 43.2 Å². The van der Waals surface area contributed by atoms with Gasteiger partial charge in [-0.3, -0.25) is 0 Å². The average Bonchev–Trinajstić information content (AvgIpc) is 3.43. The number of nitrogen functional groups attached to an aromatic ring is 1. The minimum Gasteiger partial charge on any atom is -0.453 e. The van der Waals surface area contributed by atoms with Gasteiger partial charge in [-0.1, -0.05) is 6.07 Å². The van der Waals surface area contributed by atoms with Gasteiger partial charge in [0.2, 0.25) is 17.5 Å². The van der Waals surface area contributed by atoms with E-state index in [2.05, 4.69) is 14.9 Å². The minimum absolute atomic E-state index is 0.104. The molecule has 0 radical (unpaired) electrons. The summed E-state index contributed by atoms with van der Waals surface area (Å²) in [6.07, 6.45) is -3.37. The summed E-state index contributed by atoms with van der Waals surface area (Å²) >= 11 is 0. The second-order valence-corrected chi connectivity index (χ2v) is 6.53. The molecule has 2 aromatic carbocycles. The maximum Gasteiger partial charge on any atom is 0.491 e.